The van der Waals surface area contributed by atoms with Crippen LogP contribution in [0.1, 0.15) is 43.5 Å². The van der Waals surface area contributed by atoms with Crippen molar-refractivity contribution in [3.05, 3.63) is 40.3 Å². The zero-order valence-electron chi connectivity index (χ0n) is 21.7. The minimum Gasteiger partial charge on any atom is -0.450 e. The summed E-state index contributed by atoms with van der Waals surface area (Å²) in [5, 5.41) is 5.34. The molecule has 2 aromatic rings. The van der Waals surface area contributed by atoms with Crippen LogP contribution in [0, 0.1) is 5.92 Å². The predicted molar refractivity (Wildman–Crippen MR) is 136 cm³/mol. The average Bonchev–Trinajstić information content (AvgIpc) is 3.71. The Labute approximate surface area is 222 Å². The molecule has 1 fully saturated rings. The Morgan fingerprint density at radius 2 is 1.97 bits per heavy atom. The van der Waals surface area contributed by atoms with Crippen molar-refractivity contribution in [1.82, 2.24) is 14.5 Å². The first-order valence-corrected chi connectivity index (χ1v) is 12.8. The molecular weight excluding hydrogens is 521 g/mol. The molecular formula is C25H31F3N6O5. The monoisotopic (exact) mass is 552 g/mol. The molecule has 2 aromatic heterocycles. The van der Waals surface area contributed by atoms with Gasteiger partial charge in [0.25, 0.3) is 5.56 Å². The van der Waals surface area contributed by atoms with E-state index < -0.39 is 42.6 Å². The Hall–Kier alpha value is -3.68. The highest BCUT2D eigenvalue weighted by atomic mass is 19.4. The summed E-state index contributed by atoms with van der Waals surface area (Å²) in [6, 6.07) is 1.89. The van der Waals surface area contributed by atoms with E-state index in [2.05, 4.69) is 20.6 Å². The molecule has 39 heavy (non-hydrogen) atoms. The summed E-state index contributed by atoms with van der Waals surface area (Å²) in [6.07, 6.45) is -2.56. The van der Waals surface area contributed by atoms with E-state index in [4.69, 9.17) is 9.47 Å². The van der Waals surface area contributed by atoms with E-state index in [0.29, 0.717) is 19.1 Å². The van der Waals surface area contributed by atoms with Gasteiger partial charge < -0.3 is 19.7 Å². The molecule has 14 heteroatoms. The zero-order valence-corrected chi connectivity index (χ0v) is 21.7. The molecule has 3 heterocycles. The number of carbonyl (C=O) groups is 2. The summed E-state index contributed by atoms with van der Waals surface area (Å²) >= 11 is 0. The molecule has 4 rings (SSSR count). The quantitative estimate of drug-likeness (QED) is 0.403. The second-order valence-electron chi connectivity index (χ2n) is 9.57. The smallest absolute Gasteiger partial charge is 0.412 e. The van der Waals surface area contributed by atoms with Crippen LogP contribution in [0.25, 0.3) is 0 Å². The fourth-order valence-corrected chi connectivity index (χ4v) is 4.12. The Bertz CT molecular complexity index is 1230. The van der Waals surface area contributed by atoms with Gasteiger partial charge in [0.2, 0.25) is 5.95 Å². The summed E-state index contributed by atoms with van der Waals surface area (Å²) in [7, 11) is 0. The number of nitrogens with one attached hydrogen (secondary N) is 2. The van der Waals surface area contributed by atoms with Crippen LogP contribution in [0.2, 0.25) is 0 Å². The number of aromatic nitrogens is 3. The van der Waals surface area contributed by atoms with Crippen molar-refractivity contribution in [2.45, 2.75) is 58.0 Å². The topological polar surface area (TPSA) is 128 Å². The van der Waals surface area contributed by atoms with Crippen molar-refractivity contribution in [3.63, 3.8) is 0 Å². The number of halogens is 3. The average molecular weight is 553 g/mol. The molecule has 1 aliphatic carbocycles. The van der Waals surface area contributed by atoms with Gasteiger partial charge in [-0.1, -0.05) is 0 Å². The van der Waals surface area contributed by atoms with Gasteiger partial charge >= 0.3 is 12.3 Å². The van der Waals surface area contributed by atoms with E-state index in [9.17, 15) is 27.6 Å². The number of ether oxygens (including phenoxy) is 2. The van der Waals surface area contributed by atoms with Crippen molar-refractivity contribution >= 4 is 29.5 Å². The summed E-state index contributed by atoms with van der Waals surface area (Å²) in [6.45, 7) is 3.71. The van der Waals surface area contributed by atoms with E-state index in [1.807, 2.05) is 6.92 Å². The SMILES string of the molecule is CCOC(=O)Nc1ccc(C(=O)CN2c3nc(NC[C@H](C)OCC4CC4)cc(=O)n3CCC2C(F)(F)F)cn1. The van der Waals surface area contributed by atoms with E-state index in [1.54, 1.807) is 6.92 Å². The fourth-order valence-electron chi connectivity index (χ4n) is 4.12. The first-order valence-electron chi connectivity index (χ1n) is 12.8. The van der Waals surface area contributed by atoms with Gasteiger partial charge in [0, 0.05) is 37.5 Å². The van der Waals surface area contributed by atoms with Gasteiger partial charge in [-0.2, -0.15) is 18.2 Å². The fraction of sp³-hybridized carbons (Fsp3) is 0.560. The van der Waals surface area contributed by atoms with Crippen LogP contribution < -0.4 is 21.1 Å². The number of alkyl halides is 3. The van der Waals surface area contributed by atoms with Crippen molar-refractivity contribution in [2.75, 3.05) is 41.8 Å². The third kappa shape index (κ3) is 7.46. The van der Waals surface area contributed by atoms with Crippen LogP contribution >= 0.6 is 0 Å². The van der Waals surface area contributed by atoms with Gasteiger partial charge in [0.05, 0.1) is 19.3 Å². The lowest BCUT2D eigenvalue weighted by molar-refractivity contribution is -0.152. The maximum absolute atomic E-state index is 14.0. The highest BCUT2D eigenvalue weighted by molar-refractivity contribution is 5.99. The molecule has 11 nitrogen and oxygen atoms in total. The molecule has 212 valence electrons. The Balaban J connectivity index is 1.52. The Kier molecular flexibility index (Phi) is 8.73. The molecule has 1 aliphatic heterocycles. The number of hydrogen-bond acceptors (Lipinski definition) is 9. The lowest BCUT2D eigenvalue weighted by Crippen LogP contribution is -2.54. The van der Waals surface area contributed by atoms with Gasteiger partial charge in [-0.25, -0.2) is 9.78 Å². The second kappa shape index (κ2) is 12.0. The van der Waals surface area contributed by atoms with Crippen LogP contribution in [0.15, 0.2) is 29.2 Å². The van der Waals surface area contributed by atoms with E-state index in [-0.39, 0.29) is 42.4 Å². The number of Topliss-reactive ketones (excluding diaryl/α,β-unsaturated/α-hetero) is 1. The van der Waals surface area contributed by atoms with Crippen molar-refractivity contribution < 1.29 is 32.2 Å². The third-order valence-corrected chi connectivity index (χ3v) is 6.41. The van der Waals surface area contributed by atoms with Crippen molar-refractivity contribution in [2.24, 2.45) is 5.92 Å². The predicted octanol–water partition coefficient (Wildman–Crippen LogP) is 3.46. The number of nitrogens with zero attached hydrogens (tertiary/aromatic N) is 4. The Morgan fingerprint density at radius 1 is 1.21 bits per heavy atom. The number of rotatable bonds is 11. The minimum atomic E-state index is -4.66. The second-order valence-corrected chi connectivity index (χ2v) is 9.57. The summed E-state index contributed by atoms with van der Waals surface area (Å²) < 4.78 is 53.7. The van der Waals surface area contributed by atoms with E-state index in [0.717, 1.165) is 28.5 Å². The zero-order chi connectivity index (χ0) is 28.2. The van der Waals surface area contributed by atoms with E-state index >= 15 is 0 Å². The molecule has 2 N–H and O–H groups in total. The minimum absolute atomic E-state index is 0.0284. The van der Waals surface area contributed by atoms with Crippen LogP contribution in [-0.4, -0.2) is 71.0 Å². The number of ketones is 1. The van der Waals surface area contributed by atoms with Crippen molar-refractivity contribution in [3.8, 4) is 0 Å². The molecule has 0 saturated heterocycles. The van der Waals surface area contributed by atoms with Gasteiger partial charge in [0.1, 0.15) is 17.7 Å². The Morgan fingerprint density at radius 3 is 2.62 bits per heavy atom. The number of hydrogen-bond donors (Lipinski definition) is 2. The number of carbonyl (C=O) groups excluding carboxylic acids is 2. The highest BCUT2D eigenvalue weighted by Gasteiger charge is 2.47. The summed E-state index contributed by atoms with van der Waals surface area (Å²) in [5.74, 6) is -0.121. The number of anilines is 3. The first kappa shape index (κ1) is 28.3. The number of pyridine rings is 1. The van der Waals surface area contributed by atoms with Crippen LogP contribution in [-0.2, 0) is 16.0 Å². The molecule has 2 aliphatic rings. The molecule has 1 amide bonds. The molecule has 0 aromatic carbocycles. The van der Waals surface area contributed by atoms with Gasteiger partial charge in [-0.3, -0.25) is 19.5 Å². The maximum Gasteiger partial charge on any atom is 0.412 e. The lowest BCUT2D eigenvalue weighted by atomic mass is 10.1. The van der Waals surface area contributed by atoms with Crippen LogP contribution in [0.3, 0.4) is 0 Å². The highest BCUT2D eigenvalue weighted by Crippen LogP contribution is 2.34. The third-order valence-electron chi connectivity index (χ3n) is 6.41. The molecule has 2 atom stereocenters. The molecule has 0 bridgehead atoms. The molecule has 1 unspecified atom stereocenters. The molecule has 1 saturated carbocycles. The normalized spacial score (nSPS) is 17.8. The van der Waals surface area contributed by atoms with E-state index in [1.165, 1.54) is 18.2 Å². The molecule has 0 radical (unpaired) electrons. The summed E-state index contributed by atoms with van der Waals surface area (Å²) in [5.41, 5.74) is -0.496. The van der Waals surface area contributed by atoms with Gasteiger partial charge in [0.15, 0.2) is 5.78 Å². The maximum atomic E-state index is 14.0. The lowest BCUT2D eigenvalue weighted by Gasteiger charge is -2.38. The van der Waals surface area contributed by atoms with Crippen LogP contribution in [0.4, 0.5) is 35.5 Å². The standard InChI is InChI=1S/C25H31F3N6O5/c1-3-38-24(37)32-20-7-6-17(12-30-20)18(35)13-34-19(25(26,27)28)8-9-33-22(36)10-21(31-23(33)34)29-11-15(2)39-14-16-4-5-16/h6-7,10,12,15-16,19,29H,3-5,8-9,11,13-14H2,1-2H3,(H,30,32,37)/t15-,19?/m0/s1. The van der Waals surface area contributed by atoms with Crippen molar-refractivity contribution in [1.29, 1.82) is 0 Å². The largest absolute Gasteiger partial charge is 0.450 e. The molecule has 0 spiro atoms. The number of fused-ring (bicyclic) bond motifs is 1. The summed E-state index contributed by atoms with van der Waals surface area (Å²) in [4.78, 5) is 46.4. The number of amides is 1. The first-order chi connectivity index (χ1) is 18.5. The van der Waals surface area contributed by atoms with Gasteiger partial charge in [-0.05, 0) is 51.2 Å². The van der Waals surface area contributed by atoms with Crippen LogP contribution in [0.5, 0.6) is 0 Å². The van der Waals surface area contributed by atoms with Gasteiger partial charge in [-0.15, -0.1) is 0 Å².